The molecule has 0 bridgehead atoms. The van der Waals surface area contributed by atoms with Crippen LogP contribution in [0.2, 0.25) is 0 Å². The molecule has 2 nitrogen and oxygen atoms in total. The summed E-state index contributed by atoms with van der Waals surface area (Å²) >= 11 is 0. The fraction of sp³-hybridized carbons (Fsp3) is 0.917. The topological polar surface area (TPSA) is 26.3 Å². The molecule has 0 rings (SSSR count). The molecule has 0 aliphatic heterocycles. The quantitative estimate of drug-likeness (QED) is 0.631. The molecule has 2 heteroatoms. The number of methoxy groups -OCH3 is 1. The molecule has 0 saturated carbocycles. The molecule has 0 aromatic rings. The van der Waals surface area contributed by atoms with Crippen molar-refractivity contribution in [1.29, 1.82) is 0 Å². The number of hydrogen-bond donors (Lipinski definition) is 0. The Morgan fingerprint density at radius 3 is 2.43 bits per heavy atom. The van der Waals surface area contributed by atoms with Gasteiger partial charge >= 0.3 is 0 Å². The number of rotatable bonds is 7. The average molecular weight is 200 g/mol. The van der Waals surface area contributed by atoms with Crippen molar-refractivity contribution in [3.05, 3.63) is 0 Å². The van der Waals surface area contributed by atoms with Crippen LogP contribution in [0.4, 0.5) is 0 Å². The molecule has 0 spiro atoms. The Morgan fingerprint density at radius 2 is 2.00 bits per heavy atom. The van der Waals surface area contributed by atoms with Crippen molar-refractivity contribution in [2.24, 2.45) is 5.92 Å². The highest BCUT2D eigenvalue weighted by Gasteiger charge is 2.20. The zero-order valence-electron chi connectivity index (χ0n) is 10.2. The lowest BCUT2D eigenvalue weighted by Gasteiger charge is -2.22. The van der Waals surface area contributed by atoms with E-state index in [2.05, 4.69) is 6.92 Å². The maximum absolute atomic E-state index is 11.6. The van der Waals surface area contributed by atoms with Crippen molar-refractivity contribution in [2.45, 2.75) is 59.0 Å². The third-order valence-corrected chi connectivity index (χ3v) is 2.80. The summed E-state index contributed by atoms with van der Waals surface area (Å²) in [4.78, 5) is 11.6. The standard InChI is InChI=1S/C12H24O2/c1-6-7-10(2)11(13)8-9-12(3,4)14-5/h10H,6-9H2,1-5H3. The second kappa shape index (κ2) is 6.18. The van der Waals surface area contributed by atoms with Gasteiger partial charge in [0.05, 0.1) is 5.60 Å². The van der Waals surface area contributed by atoms with Gasteiger partial charge in [-0.1, -0.05) is 20.3 Å². The molecule has 0 N–H and O–H groups in total. The van der Waals surface area contributed by atoms with Crippen molar-refractivity contribution >= 4 is 5.78 Å². The van der Waals surface area contributed by atoms with Gasteiger partial charge in [0.25, 0.3) is 0 Å². The van der Waals surface area contributed by atoms with E-state index in [9.17, 15) is 4.79 Å². The summed E-state index contributed by atoms with van der Waals surface area (Å²) in [5.41, 5.74) is -0.165. The molecule has 0 radical (unpaired) electrons. The van der Waals surface area contributed by atoms with E-state index in [1.54, 1.807) is 7.11 Å². The summed E-state index contributed by atoms with van der Waals surface area (Å²) in [7, 11) is 1.69. The second-order valence-corrected chi connectivity index (χ2v) is 4.62. The van der Waals surface area contributed by atoms with Crippen LogP contribution >= 0.6 is 0 Å². The Bertz CT molecular complexity index is 173. The molecule has 0 aliphatic carbocycles. The van der Waals surface area contributed by atoms with Gasteiger partial charge in [0.2, 0.25) is 0 Å². The van der Waals surface area contributed by atoms with Gasteiger partial charge in [-0.2, -0.15) is 0 Å². The van der Waals surface area contributed by atoms with E-state index in [0.717, 1.165) is 19.3 Å². The summed E-state index contributed by atoms with van der Waals surface area (Å²) in [6.45, 7) is 8.17. The number of ether oxygens (including phenoxy) is 1. The number of ketones is 1. The predicted molar refractivity (Wildman–Crippen MR) is 59.4 cm³/mol. The van der Waals surface area contributed by atoms with Crippen LogP contribution in [0.3, 0.4) is 0 Å². The molecule has 0 saturated heterocycles. The lowest BCUT2D eigenvalue weighted by atomic mass is 9.93. The maximum Gasteiger partial charge on any atom is 0.135 e. The van der Waals surface area contributed by atoms with Crippen LogP contribution < -0.4 is 0 Å². The number of Topliss-reactive ketones (excluding diaryl/α,β-unsaturated/α-hetero) is 1. The van der Waals surface area contributed by atoms with Gasteiger partial charge in [0.1, 0.15) is 5.78 Å². The van der Waals surface area contributed by atoms with Gasteiger partial charge in [-0.15, -0.1) is 0 Å². The Morgan fingerprint density at radius 1 is 1.43 bits per heavy atom. The Balaban J connectivity index is 3.84. The normalized spacial score (nSPS) is 14.1. The summed E-state index contributed by atoms with van der Waals surface area (Å²) in [6.07, 6.45) is 3.55. The summed E-state index contributed by atoms with van der Waals surface area (Å²) in [5.74, 6) is 0.588. The smallest absolute Gasteiger partial charge is 0.135 e. The first-order valence-electron chi connectivity index (χ1n) is 5.50. The van der Waals surface area contributed by atoms with Crippen molar-refractivity contribution < 1.29 is 9.53 Å². The first-order chi connectivity index (χ1) is 6.43. The first kappa shape index (κ1) is 13.6. The maximum atomic E-state index is 11.6. The van der Waals surface area contributed by atoms with E-state index in [0.29, 0.717) is 12.2 Å². The Hall–Kier alpha value is -0.370. The van der Waals surface area contributed by atoms with Crippen molar-refractivity contribution in [3.8, 4) is 0 Å². The van der Waals surface area contributed by atoms with E-state index in [-0.39, 0.29) is 11.5 Å². The van der Waals surface area contributed by atoms with E-state index in [1.807, 2.05) is 20.8 Å². The molecular weight excluding hydrogens is 176 g/mol. The Kier molecular flexibility index (Phi) is 6.01. The molecule has 0 aromatic carbocycles. The van der Waals surface area contributed by atoms with E-state index >= 15 is 0 Å². The summed E-state index contributed by atoms with van der Waals surface area (Å²) < 4.78 is 5.28. The van der Waals surface area contributed by atoms with Crippen LogP contribution in [-0.2, 0) is 9.53 Å². The van der Waals surface area contributed by atoms with Crippen molar-refractivity contribution in [3.63, 3.8) is 0 Å². The van der Waals surface area contributed by atoms with Gasteiger partial charge in [-0.3, -0.25) is 4.79 Å². The van der Waals surface area contributed by atoms with Gasteiger partial charge in [-0.05, 0) is 26.7 Å². The molecule has 0 fully saturated rings. The minimum Gasteiger partial charge on any atom is -0.379 e. The van der Waals surface area contributed by atoms with Crippen LogP contribution in [0.5, 0.6) is 0 Å². The molecule has 1 unspecified atom stereocenters. The molecule has 0 aromatic heterocycles. The van der Waals surface area contributed by atoms with E-state index < -0.39 is 0 Å². The van der Waals surface area contributed by atoms with E-state index in [1.165, 1.54) is 0 Å². The molecule has 14 heavy (non-hydrogen) atoms. The van der Waals surface area contributed by atoms with E-state index in [4.69, 9.17) is 4.74 Å². The van der Waals surface area contributed by atoms with Crippen LogP contribution in [0, 0.1) is 5.92 Å². The van der Waals surface area contributed by atoms with Gasteiger partial charge in [0, 0.05) is 19.4 Å². The average Bonchev–Trinajstić information content (AvgIpc) is 2.15. The Labute approximate surface area is 88.0 Å². The molecular formula is C12H24O2. The van der Waals surface area contributed by atoms with Gasteiger partial charge in [-0.25, -0.2) is 0 Å². The van der Waals surface area contributed by atoms with Gasteiger partial charge < -0.3 is 4.74 Å². The van der Waals surface area contributed by atoms with Crippen LogP contribution in [0.25, 0.3) is 0 Å². The third kappa shape index (κ3) is 5.38. The highest BCUT2D eigenvalue weighted by molar-refractivity contribution is 5.80. The molecule has 0 heterocycles. The fourth-order valence-corrected chi connectivity index (χ4v) is 1.37. The lowest BCUT2D eigenvalue weighted by molar-refractivity contribution is -0.124. The largest absolute Gasteiger partial charge is 0.379 e. The minimum atomic E-state index is -0.165. The van der Waals surface area contributed by atoms with Crippen LogP contribution in [0.1, 0.15) is 53.4 Å². The summed E-state index contributed by atoms with van der Waals surface area (Å²) in [5, 5.41) is 0. The van der Waals surface area contributed by atoms with Crippen molar-refractivity contribution in [1.82, 2.24) is 0 Å². The second-order valence-electron chi connectivity index (χ2n) is 4.62. The number of carbonyl (C=O) groups is 1. The predicted octanol–water partition coefficient (Wildman–Crippen LogP) is 3.20. The zero-order valence-corrected chi connectivity index (χ0v) is 10.2. The highest BCUT2D eigenvalue weighted by Crippen LogP contribution is 2.18. The SMILES string of the molecule is CCCC(C)C(=O)CCC(C)(C)OC. The van der Waals surface area contributed by atoms with Crippen molar-refractivity contribution in [2.75, 3.05) is 7.11 Å². The molecule has 0 aliphatic rings. The third-order valence-electron chi connectivity index (χ3n) is 2.80. The number of carbonyl (C=O) groups excluding carboxylic acids is 1. The van der Waals surface area contributed by atoms with Crippen LogP contribution in [-0.4, -0.2) is 18.5 Å². The monoisotopic (exact) mass is 200 g/mol. The molecule has 84 valence electrons. The molecule has 1 atom stereocenters. The lowest BCUT2D eigenvalue weighted by Crippen LogP contribution is -2.24. The summed E-state index contributed by atoms with van der Waals surface area (Å²) in [6, 6.07) is 0. The number of hydrogen-bond acceptors (Lipinski definition) is 2. The molecule has 0 amide bonds. The fourth-order valence-electron chi connectivity index (χ4n) is 1.37. The zero-order chi connectivity index (χ0) is 11.2. The first-order valence-corrected chi connectivity index (χ1v) is 5.50. The van der Waals surface area contributed by atoms with Crippen LogP contribution in [0.15, 0.2) is 0 Å². The van der Waals surface area contributed by atoms with Gasteiger partial charge in [0.15, 0.2) is 0 Å². The highest BCUT2D eigenvalue weighted by atomic mass is 16.5. The minimum absolute atomic E-state index is 0.165.